The summed E-state index contributed by atoms with van der Waals surface area (Å²) in [6, 6.07) is 5.03. The van der Waals surface area contributed by atoms with Crippen LogP contribution in [0.4, 0.5) is 11.4 Å². The normalized spacial score (nSPS) is 23.7. The predicted octanol–water partition coefficient (Wildman–Crippen LogP) is 3.23. The lowest BCUT2D eigenvalue weighted by Gasteiger charge is -2.28. The van der Waals surface area contributed by atoms with Gasteiger partial charge in [0.2, 0.25) is 0 Å². The molecular formula is C12H15ClN2O3. The van der Waals surface area contributed by atoms with Crippen LogP contribution in [0.15, 0.2) is 18.2 Å². The molecule has 1 aliphatic rings. The van der Waals surface area contributed by atoms with Gasteiger partial charge >= 0.3 is 0 Å². The molecule has 98 valence electrons. The number of hydrogen-bond donors (Lipinski definition) is 1. The monoisotopic (exact) mass is 270 g/mol. The number of hydrogen-bond acceptors (Lipinski definition) is 4. The fourth-order valence-electron chi connectivity index (χ4n) is 2.11. The summed E-state index contributed by atoms with van der Waals surface area (Å²) >= 11 is 5.86. The topological polar surface area (TPSA) is 64.4 Å². The summed E-state index contributed by atoms with van der Waals surface area (Å²) in [7, 11) is 0. The minimum Gasteiger partial charge on any atom is -0.382 e. The molecule has 0 saturated carbocycles. The van der Waals surface area contributed by atoms with E-state index in [4.69, 9.17) is 16.3 Å². The zero-order valence-corrected chi connectivity index (χ0v) is 10.8. The minimum atomic E-state index is -0.483. The van der Waals surface area contributed by atoms with Gasteiger partial charge in [0.15, 0.2) is 0 Å². The molecule has 1 saturated heterocycles. The van der Waals surface area contributed by atoms with E-state index in [1.807, 2.05) is 6.92 Å². The highest BCUT2D eigenvalue weighted by Gasteiger charge is 2.20. The van der Waals surface area contributed by atoms with Crippen molar-refractivity contribution in [1.29, 1.82) is 0 Å². The molecule has 0 radical (unpaired) electrons. The molecule has 0 aromatic heterocycles. The number of anilines is 1. The third kappa shape index (κ3) is 3.11. The Morgan fingerprint density at radius 3 is 2.94 bits per heavy atom. The Kier molecular flexibility index (Phi) is 4.04. The van der Waals surface area contributed by atoms with E-state index in [0.29, 0.717) is 6.04 Å². The van der Waals surface area contributed by atoms with Gasteiger partial charge in [-0.1, -0.05) is 11.6 Å². The number of benzene rings is 1. The molecule has 18 heavy (non-hydrogen) atoms. The van der Waals surface area contributed by atoms with Gasteiger partial charge in [-0.2, -0.15) is 0 Å². The summed E-state index contributed by atoms with van der Waals surface area (Å²) in [5.41, 5.74) is 0.743. The van der Waals surface area contributed by atoms with Crippen LogP contribution >= 0.6 is 11.6 Å². The number of nitrogens with zero attached hydrogens (tertiary/aromatic N) is 1. The third-order valence-corrected chi connectivity index (χ3v) is 3.30. The highest BCUT2D eigenvalue weighted by atomic mass is 35.5. The molecule has 2 rings (SSSR count). The summed E-state index contributed by atoms with van der Waals surface area (Å²) in [5.74, 6) is 0. The number of nitro benzene ring substituents is 1. The van der Waals surface area contributed by atoms with Crippen molar-refractivity contribution in [1.82, 2.24) is 0 Å². The van der Waals surface area contributed by atoms with Crippen LogP contribution < -0.4 is 5.32 Å². The second kappa shape index (κ2) is 5.54. The van der Waals surface area contributed by atoms with Crippen molar-refractivity contribution in [2.45, 2.75) is 31.9 Å². The molecule has 1 fully saturated rings. The van der Waals surface area contributed by atoms with Gasteiger partial charge in [-0.3, -0.25) is 10.1 Å². The average molecular weight is 271 g/mol. The molecule has 2 atom stereocenters. The molecular weight excluding hydrogens is 256 g/mol. The van der Waals surface area contributed by atoms with Crippen LogP contribution in [0, 0.1) is 10.1 Å². The van der Waals surface area contributed by atoms with E-state index >= 15 is 0 Å². The second-order valence-electron chi connectivity index (χ2n) is 4.47. The number of ether oxygens (including phenoxy) is 1. The average Bonchev–Trinajstić information content (AvgIpc) is 2.28. The van der Waals surface area contributed by atoms with Crippen molar-refractivity contribution in [3.05, 3.63) is 33.3 Å². The number of nitro groups is 1. The molecule has 1 heterocycles. The Hall–Kier alpha value is -1.33. The lowest BCUT2D eigenvalue weighted by Crippen LogP contribution is -2.32. The second-order valence-corrected chi connectivity index (χ2v) is 4.88. The SMILES string of the molecule is CC1CC(Nc2ccc([N+](=O)[O-])c(Cl)c2)CCO1. The molecule has 1 aliphatic heterocycles. The minimum absolute atomic E-state index is 0.0671. The van der Waals surface area contributed by atoms with Crippen molar-refractivity contribution in [3.8, 4) is 0 Å². The van der Waals surface area contributed by atoms with Crippen LogP contribution in [-0.2, 0) is 4.74 Å². The quantitative estimate of drug-likeness (QED) is 0.676. The Bertz CT molecular complexity index is 453. The molecule has 6 heteroatoms. The number of nitrogens with one attached hydrogen (secondary N) is 1. The Morgan fingerprint density at radius 2 is 2.33 bits per heavy atom. The first-order valence-electron chi connectivity index (χ1n) is 5.88. The largest absolute Gasteiger partial charge is 0.382 e. The standard InChI is InChI=1S/C12H15ClN2O3/c1-8-6-10(4-5-18-8)14-9-2-3-12(15(16)17)11(13)7-9/h2-3,7-8,10,14H,4-6H2,1H3. The summed E-state index contributed by atoms with van der Waals surface area (Å²) in [5, 5.41) is 14.1. The van der Waals surface area contributed by atoms with Crippen molar-refractivity contribution in [3.63, 3.8) is 0 Å². The van der Waals surface area contributed by atoms with E-state index in [9.17, 15) is 10.1 Å². The molecule has 1 aromatic carbocycles. The van der Waals surface area contributed by atoms with Crippen LogP contribution in [0.5, 0.6) is 0 Å². The third-order valence-electron chi connectivity index (χ3n) is 3.00. The van der Waals surface area contributed by atoms with Crippen LogP contribution in [0.3, 0.4) is 0 Å². The Balaban J connectivity index is 2.05. The van der Waals surface area contributed by atoms with Crippen molar-refractivity contribution < 1.29 is 9.66 Å². The lowest BCUT2D eigenvalue weighted by molar-refractivity contribution is -0.384. The molecule has 0 amide bonds. The summed E-state index contributed by atoms with van der Waals surface area (Å²) in [4.78, 5) is 10.2. The molecule has 0 spiro atoms. The summed E-state index contributed by atoms with van der Waals surface area (Å²) in [6.07, 6.45) is 2.10. The van der Waals surface area contributed by atoms with Crippen LogP contribution in [0.1, 0.15) is 19.8 Å². The first-order valence-corrected chi connectivity index (χ1v) is 6.26. The first-order chi connectivity index (χ1) is 8.56. The van der Waals surface area contributed by atoms with Gasteiger partial charge in [0.1, 0.15) is 5.02 Å². The Labute approximate surface area is 110 Å². The fourth-order valence-corrected chi connectivity index (χ4v) is 2.36. The van der Waals surface area contributed by atoms with Crippen LogP contribution in [-0.4, -0.2) is 23.7 Å². The Morgan fingerprint density at radius 1 is 1.56 bits per heavy atom. The maximum Gasteiger partial charge on any atom is 0.288 e. The van der Waals surface area contributed by atoms with E-state index in [0.717, 1.165) is 25.1 Å². The maximum atomic E-state index is 10.7. The highest BCUT2D eigenvalue weighted by molar-refractivity contribution is 6.32. The van der Waals surface area contributed by atoms with Gasteiger partial charge in [0, 0.05) is 24.4 Å². The van der Waals surface area contributed by atoms with Gasteiger partial charge in [0.05, 0.1) is 11.0 Å². The van der Waals surface area contributed by atoms with E-state index in [2.05, 4.69) is 5.32 Å². The van der Waals surface area contributed by atoms with Gasteiger partial charge in [-0.05, 0) is 31.9 Å². The molecule has 1 N–H and O–H groups in total. The molecule has 1 aromatic rings. The van der Waals surface area contributed by atoms with Crippen molar-refractivity contribution >= 4 is 23.0 Å². The zero-order chi connectivity index (χ0) is 13.1. The van der Waals surface area contributed by atoms with Crippen molar-refractivity contribution in [2.24, 2.45) is 0 Å². The fraction of sp³-hybridized carbons (Fsp3) is 0.500. The van der Waals surface area contributed by atoms with E-state index in [1.54, 1.807) is 12.1 Å². The maximum absolute atomic E-state index is 10.7. The number of rotatable bonds is 3. The lowest BCUT2D eigenvalue weighted by atomic mass is 10.0. The summed E-state index contributed by atoms with van der Waals surface area (Å²) < 4.78 is 5.46. The van der Waals surface area contributed by atoms with E-state index in [-0.39, 0.29) is 16.8 Å². The van der Waals surface area contributed by atoms with Gasteiger partial charge in [-0.25, -0.2) is 0 Å². The van der Waals surface area contributed by atoms with Gasteiger partial charge in [-0.15, -0.1) is 0 Å². The molecule has 0 aliphatic carbocycles. The van der Waals surface area contributed by atoms with Crippen LogP contribution in [0.2, 0.25) is 5.02 Å². The highest BCUT2D eigenvalue weighted by Crippen LogP contribution is 2.28. The van der Waals surface area contributed by atoms with Gasteiger partial charge < -0.3 is 10.1 Å². The summed E-state index contributed by atoms with van der Waals surface area (Å²) in [6.45, 7) is 2.77. The van der Waals surface area contributed by atoms with Gasteiger partial charge in [0.25, 0.3) is 5.69 Å². The predicted molar refractivity (Wildman–Crippen MR) is 70.2 cm³/mol. The zero-order valence-electron chi connectivity index (χ0n) is 10.1. The smallest absolute Gasteiger partial charge is 0.288 e. The molecule has 5 nitrogen and oxygen atoms in total. The number of halogens is 1. The van der Waals surface area contributed by atoms with Crippen LogP contribution in [0.25, 0.3) is 0 Å². The first kappa shape index (κ1) is 13.1. The molecule has 0 bridgehead atoms. The van der Waals surface area contributed by atoms with E-state index in [1.165, 1.54) is 6.07 Å². The van der Waals surface area contributed by atoms with E-state index < -0.39 is 4.92 Å². The molecule has 2 unspecified atom stereocenters. The van der Waals surface area contributed by atoms with Crippen molar-refractivity contribution in [2.75, 3.05) is 11.9 Å².